The molecule has 1 amide bonds. The van der Waals surface area contributed by atoms with E-state index >= 15 is 0 Å². The number of ether oxygens (including phenoxy) is 1. The van der Waals surface area contributed by atoms with Crippen molar-refractivity contribution in [3.05, 3.63) is 83.4 Å². The molecule has 4 nitrogen and oxygen atoms in total. The van der Waals surface area contributed by atoms with Gasteiger partial charge in [0.25, 0.3) is 0 Å². The highest BCUT2D eigenvalue weighted by Gasteiger charge is 2.12. The molecule has 0 atom stereocenters. The van der Waals surface area contributed by atoms with Gasteiger partial charge in [0, 0.05) is 31.2 Å². The van der Waals surface area contributed by atoms with Crippen molar-refractivity contribution in [2.75, 3.05) is 17.3 Å². The fraction of sp³-hybridized carbons (Fsp3) is 0.136. The van der Waals surface area contributed by atoms with Crippen molar-refractivity contribution in [1.29, 1.82) is 0 Å². The third-order valence-corrected chi connectivity index (χ3v) is 4.31. The summed E-state index contributed by atoms with van der Waals surface area (Å²) in [6.45, 7) is 2.13. The van der Waals surface area contributed by atoms with Crippen molar-refractivity contribution in [2.45, 2.75) is 13.5 Å². The van der Waals surface area contributed by atoms with E-state index in [0.29, 0.717) is 11.6 Å². The molecule has 0 radical (unpaired) electrons. The Labute approximate surface area is 164 Å². The summed E-state index contributed by atoms with van der Waals surface area (Å²) in [7, 11) is 1.99. The molecular weight excluding hydrogens is 360 g/mol. The van der Waals surface area contributed by atoms with Crippen LogP contribution >= 0.6 is 11.6 Å². The van der Waals surface area contributed by atoms with Crippen LogP contribution in [0.15, 0.2) is 72.8 Å². The van der Waals surface area contributed by atoms with Crippen molar-refractivity contribution in [2.24, 2.45) is 0 Å². The third-order valence-electron chi connectivity index (χ3n) is 4.05. The van der Waals surface area contributed by atoms with Crippen LogP contribution in [-0.2, 0) is 11.3 Å². The first kappa shape index (κ1) is 18.8. The number of para-hydroxylation sites is 3. The van der Waals surface area contributed by atoms with Gasteiger partial charge in [-0.3, -0.25) is 4.79 Å². The van der Waals surface area contributed by atoms with Crippen LogP contribution in [0.5, 0.6) is 11.5 Å². The van der Waals surface area contributed by atoms with Crippen molar-refractivity contribution in [3.63, 3.8) is 0 Å². The number of carbonyl (C=O) groups excluding carboxylic acids is 1. The van der Waals surface area contributed by atoms with Crippen molar-refractivity contribution in [1.82, 2.24) is 0 Å². The number of benzene rings is 3. The van der Waals surface area contributed by atoms with Crippen LogP contribution in [0.3, 0.4) is 0 Å². The lowest BCUT2D eigenvalue weighted by molar-refractivity contribution is -0.114. The van der Waals surface area contributed by atoms with Gasteiger partial charge in [-0.2, -0.15) is 0 Å². The van der Waals surface area contributed by atoms with E-state index in [1.165, 1.54) is 6.92 Å². The summed E-state index contributed by atoms with van der Waals surface area (Å²) >= 11 is 5.94. The predicted molar refractivity (Wildman–Crippen MR) is 111 cm³/mol. The normalized spacial score (nSPS) is 10.3. The fourth-order valence-electron chi connectivity index (χ4n) is 2.80. The zero-order valence-electron chi connectivity index (χ0n) is 15.3. The molecule has 0 saturated carbocycles. The maximum atomic E-state index is 11.4. The Kier molecular flexibility index (Phi) is 5.99. The quantitative estimate of drug-likeness (QED) is 0.594. The van der Waals surface area contributed by atoms with Crippen LogP contribution in [0.2, 0.25) is 5.02 Å². The van der Waals surface area contributed by atoms with Crippen molar-refractivity contribution < 1.29 is 9.53 Å². The zero-order valence-corrected chi connectivity index (χ0v) is 16.0. The number of halogens is 1. The lowest BCUT2D eigenvalue weighted by atomic mass is 10.1. The van der Waals surface area contributed by atoms with Gasteiger partial charge in [0.15, 0.2) is 5.75 Å². The molecule has 27 heavy (non-hydrogen) atoms. The van der Waals surface area contributed by atoms with Gasteiger partial charge < -0.3 is 15.0 Å². The van der Waals surface area contributed by atoms with Crippen LogP contribution in [0.1, 0.15) is 12.5 Å². The Hall–Kier alpha value is -2.98. The van der Waals surface area contributed by atoms with Gasteiger partial charge in [0.1, 0.15) is 5.75 Å². The van der Waals surface area contributed by atoms with Crippen LogP contribution in [0.25, 0.3) is 0 Å². The van der Waals surface area contributed by atoms with Crippen molar-refractivity contribution >= 4 is 28.9 Å². The van der Waals surface area contributed by atoms with Crippen LogP contribution in [-0.4, -0.2) is 13.0 Å². The maximum Gasteiger partial charge on any atom is 0.221 e. The molecule has 0 bridgehead atoms. The monoisotopic (exact) mass is 380 g/mol. The molecule has 3 aromatic rings. The summed E-state index contributed by atoms with van der Waals surface area (Å²) in [5, 5.41) is 3.55. The highest BCUT2D eigenvalue weighted by atomic mass is 35.5. The first-order valence-corrected chi connectivity index (χ1v) is 9.00. The SMILES string of the molecule is CC(=O)Nc1ccccc1CN(C)c1ccccc1Oc1ccc(Cl)cc1. The van der Waals surface area contributed by atoms with Gasteiger partial charge in [-0.25, -0.2) is 0 Å². The molecule has 0 aliphatic carbocycles. The highest BCUT2D eigenvalue weighted by molar-refractivity contribution is 6.30. The van der Waals surface area contributed by atoms with Crippen molar-refractivity contribution in [3.8, 4) is 11.5 Å². The van der Waals surface area contributed by atoms with E-state index in [1.54, 1.807) is 12.1 Å². The Balaban J connectivity index is 1.82. The number of hydrogen-bond acceptors (Lipinski definition) is 3. The largest absolute Gasteiger partial charge is 0.455 e. The number of rotatable bonds is 6. The summed E-state index contributed by atoms with van der Waals surface area (Å²) in [4.78, 5) is 13.5. The second-order valence-corrected chi connectivity index (χ2v) is 6.65. The summed E-state index contributed by atoms with van der Waals surface area (Å²) in [5.41, 5.74) is 2.79. The summed E-state index contributed by atoms with van der Waals surface area (Å²) in [6.07, 6.45) is 0. The molecule has 5 heteroatoms. The molecule has 0 fully saturated rings. The number of nitrogens with one attached hydrogen (secondary N) is 1. The fourth-order valence-corrected chi connectivity index (χ4v) is 2.92. The standard InChI is InChI=1S/C22H21ClN2O2/c1-16(26)24-20-8-4-3-7-17(20)15-25(2)21-9-5-6-10-22(21)27-19-13-11-18(23)12-14-19/h3-14H,15H2,1-2H3,(H,24,26). The number of hydrogen-bond donors (Lipinski definition) is 1. The Morgan fingerprint density at radius 3 is 2.41 bits per heavy atom. The first-order chi connectivity index (χ1) is 13.0. The molecule has 0 heterocycles. The Morgan fingerprint density at radius 2 is 1.67 bits per heavy atom. The molecule has 138 valence electrons. The summed E-state index contributed by atoms with van der Waals surface area (Å²) in [6, 6.07) is 22.9. The number of amides is 1. The summed E-state index contributed by atoms with van der Waals surface area (Å²) in [5.74, 6) is 1.38. The molecule has 1 N–H and O–H groups in total. The smallest absolute Gasteiger partial charge is 0.221 e. The molecular formula is C22H21ClN2O2. The minimum absolute atomic E-state index is 0.0865. The molecule has 0 spiro atoms. The van der Waals surface area contributed by atoms with E-state index in [-0.39, 0.29) is 5.91 Å². The average molecular weight is 381 g/mol. The van der Waals surface area contributed by atoms with Gasteiger partial charge in [-0.1, -0.05) is 41.9 Å². The van der Waals surface area contributed by atoms with Crippen LogP contribution < -0.4 is 15.0 Å². The lowest BCUT2D eigenvalue weighted by Crippen LogP contribution is -2.19. The van der Waals surface area contributed by atoms with E-state index in [0.717, 1.165) is 28.4 Å². The van der Waals surface area contributed by atoms with Gasteiger partial charge >= 0.3 is 0 Å². The van der Waals surface area contributed by atoms with Gasteiger partial charge in [-0.15, -0.1) is 0 Å². The minimum atomic E-state index is -0.0865. The molecule has 0 aliphatic rings. The Morgan fingerprint density at radius 1 is 1.00 bits per heavy atom. The van der Waals surface area contributed by atoms with Gasteiger partial charge in [0.05, 0.1) is 5.69 Å². The average Bonchev–Trinajstić information content (AvgIpc) is 2.65. The molecule has 0 unspecified atom stereocenters. The second-order valence-electron chi connectivity index (χ2n) is 6.22. The van der Waals surface area contributed by atoms with E-state index in [2.05, 4.69) is 10.2 Å². The van der Waals surface area contributed by atoms with E-state index in [9.17, 15) is 4.79 Å². The molecule has 0 aromatic heterocycles. The second kappa shape index (κ2) is 8.60. The first-order valence-electron chi connectivity index (χ1n) is 8.62. The Bertz CT molecular complexity index is 926. The zero-order chi connectivity index (χ0) is 19.2. The van der Waals surface area contributed by atoms with Gasteiger partial charge in [0.2, 0.25) is 5.91 Å². The van der Waals surface area contributed by atoms with E-state index < -0.39 is 0 Å². The molecule has 3 rings (SSSR count). The topological polar surface area (TPSA) is 41.6 Å². The third kappa shape index (κ3) is 5.02. The maximum absolute atomic E-state index is 11.4. The number of anilines is 2. The van der Waals surface area contributed by atoms with Crippen LogP contribution in [0.4, 0.5) is 11.4 Å². The number of carbonyl (C=O) groups is 1. The summed E-state index contributed by atoms with van der Waals surface area (Å²) < 4.78 is 6.05. The van der Waals surface area contributed by atoms with E-state index in [1.807, 2.05) is 67.7 Å². The minimum Gasteiger partial charge on any atom is -0.455 e. The van der Waals surface area contributed by atoms with Gasteiger partial charge in [-0.05, 0) is 48.0 Å². The molecule has 3 aromatic carbocycles. The molecule has 0 saturated heterocycles. The van der Waals surface area contributed by atoms with E-state index in [4.69, 9.17) is 16.3 Å². The lowest BCUT2D eigenvalue weighted by Gasteiger charge is -2.23. The van der Waals surface area contributed by atoms with Crippen LogP contribution in [0, 0.1) is 0 Å². The molecule has 0 aliphatic heterocycles. The predicted octanol–water partition coefficient (Wildman–Crippen LogP) is 5.73. The highest BCUT2D eigenvalue weighted by Crippen LogP contribution is 2.33. The number of nitrogens with zero attached hydrogens (tertiary/aromatic N) is 1.